The SMILES string of the molecule is C#Cc1cnc(CNC(=O)[C@@H]2C[C@@H](O)CN2C(=O)[C@@H](c2cc(C(C)C)no2)C(C)C)c(OC)c1. The number of carbonyl (C=O) groups is 2. The lowest BCUT2D eigenvalue weighted by Gasteiger charge is -2.28. The van der Waals surface area contributed by atoms with Gasteiger partial charge in [0.15, 0.2) is 0 Å². The van der Waals surface area contributed by atoms with Crippen LogP contribution in [0.5, 0.6) is 5.75 Å². The van der Waals surface area contributed by atoms with E-state index in [1.807, 2.05) is 27.7 Å². The average Bonchev–Trinajstić information content (AvgIpc) is 3.44. The van der Waals surface area contributed by atoms with Gasteiger partial charge in [-0.15, -0.1) is 6.42 Å². The Hall–Kier alpha value is -3.38. The number of amides is 2. The molecule has 0 aromatic carbocycles. The van der Waals surface area contributed by atoms with Crippen LogP contribution in [0, 0.1) is 18.3 Å². The monoisotopic (exact) mass is 468 g/mol. The fourth-order valence-electron chi connectivity index (χ4n) is 4.09. The lowest BCUT2D eigenvalue weighted by molar-refractivity contribution is -0.141. The van der Waals surface area contributed by atoms with E-state index in [0.717, 1.165) is 5.69 Å². The molecule has 2 amide bonds. The molecule has 0 saturated carbocycles. The van der Waals surface area contributed by atoms with Crippen molar-refractivity contribution in [2.75, 3.05) is 13.7 Å². The molecule has 1 fully saturated rings. The van der Waals surface area contributed by atoms with Crippen molar-refractivity contribution in [3.05, 3.63) is 41.0 Å². The zero-order chi connectivity index (χ0) is 25.0. The zero-order valence-corrected chi connectivity index (χ0v) is 20.2. The largest absolute Gasteiger partial charge is 0.495 e. The van der Waals surface area contributed by atoms with E-state index < -0.39 is 18.1 Å². The number of methoxy groups -OCH3 is 1. The van der Waals surface area contributed by atoms with E-state index in [0.29, 0.717) is 22.8 Å². The third-order valence-corrected chi connectivity index (χ3v) is 5.99. The summed E-state index contributed by atoms with van der Waals surface area (Å²) in [6, 6.07) is 2.65. The summed E-state index contributed by atoms with van der Waals surface area (Å²) < 4.78 is 10.8. The zero-order valence-electron chi connectivity index (χ0n) is 20.2. The number of hydrogen-bond donors (Lipinski definition) is 2. The molecule has 2 aromatic heterocycles. The van der Waals surface area contributed by atoms with E-state index in [1.54, 1.807) is 12.1 Å². The minimum Gasteiger partial charge on any atom is -0.495 e. The predicted octanol–water partition coefficient (Wildman–Crippen LogP) is 2.20. The first-order valence-corrected chi connectivity index (χ1v) is 11.4. The molecule has 3 atom stereocenters. The number of aliphatic hydroxyl groups is 1. The van der Waals surface area contributed by atoms with Gasteiger partial charge in [0.1, 0.15) is 29.2 Å². The molecule has 34 heavy (non-hydrogen) atoms. The number of rotatable bonds is 8. The summed E-state index contributed by atoms with van der Waals surface area (Å²) in [6.45, 7) is 7.99. The first kappa shape index (κ1) is 25.2. The van der Waals surface area contributed by atoms with Gasteiger partial charge >= 0.3 is 0 Å². The maximum absolute atomic E-state index is 13.6. The minimum atomic E-state index is -0.813. The molecule has 2 aromatic rings. The van der Waals surface area contributed by atoms with Crippen molar-refractivity contribution in [3.8, 4) is 18.1 Å². The van der Waals surface area contributed by atoms with Gasteiger partial charge < -0.3 is 24.6 Å². The molecule has 0 unspecified atom stereocenters. The Balaban J connectivity index is 1.77. The third-order valence-electron chi connectivity index (χ3n) is 5.99. The number of carbonyl (C=O) groups excluding carboxylic acids is 2. The van der Waals surface area contributed by atoms with Crippen LogP contribution in [0.4, 0.5) is 0 Å². The minimum absolute atomic E-state index is 0.0732. The highest BCUT2D eigenvalue weighted by Crippen LogP contribution is 2.32. The molecule has 0 aliphatic carbocycles. The molecular weight excluding hydrogens is 436 g/mol. The molecule has 3 rings (SSSR count). The number of hydrogen-bond acceptors (Lipinski definition) is 7. The molecule has 1 aliphatic heterocycles. The molecule has 1 saturated heterocycles. The van der Waals surface area contributed by atoms with E-state index in [1.165, 1.54) is 18.2 Å². The number of nitrogens with one attached hydrogen (secondary N) is 1. The summed E-state index contributed by atoms with van der Waals surface area (Å²) in [7, 11) is 1.50. The highest BCUT2D eigenvalue weighted by Gasteiger charge is 2.43. The van der Waals surface area contributed by atoms with Crippen molar-refractivity contribution in [2.24, 2.45) is 5.92 Å². The number of ether oxygens (including phenoxy) is 1. The first-order chi connectivity index (χ1) is 16.2. The second-order valence-corrected chi connectivity index (χ2v) is 9.16. The van der Waals surface area contributed by atoms with Gasteiger partial charge in [0, 0.05) is 30.8 Å². The Morgan fingerprint density at radius 3 is 2.68 bits per heavy atom. The quantitative estimate of drug-likeness (QED) is 0.570. The molecule has 1 aliphatic rings. The van der Waals surface area contributed by atoms with Crippen molar-refractivity contribution in [3.63, 3.8) is 0 Å². The number of aliphatic hydroxyl groups excluding tert-OH is 1. The normalized spacial score (nSPS) is 18.7. The summed E-state index contributed by atoms with van der Waals surface area (Å²) in [5.41, 5.74) is 1.84. The Labute approximate surface area is 199 Å². The van der Waals surface area contributed by atoms with Crippen molar-refractivity contribution in [1.29, 1.82) is 0 Å². The Morgan fingerprint density at radius 2 is 2.09 bits per heavy atom. The Morgan fingerprint density at radius 1 is 1.35 bits per heavy atom. The van der Waals surface area contributed by atoms with E-state index in [9.17, 15) is 14.7 Å². The van der Waals surface area contributed by atoms with Crippen LogP contribution in [-0.4, -0.2) is 57.8 Å². The summed E-state index contributed by atoms with van der Waals surface area (Å²) in [5, 5.41) is 17.2. The highest BCUT2D eigenvalue weighted by atomic mass is 16.5. The van der Waals surface area contributed by atoms with E-state index in [4.69, 9.17) is 15.7 Å². The van der Waals surface area contributed by atoms with Crippen molar-refractivity contribution in [1.82, 2.24) is 20.4 Å². The number of likely N-dealkylation sites (tertiary alicyclic amines) is 1. The number of pyridine rings is 1. The highest BCUT2D eigenvalue weighted by molar-refractivity contribution is 5.91. The van der Waals surface area contributed by atoms with Gasteiger partial charge in [0.05, 0.1) is 25.5 Å². The van der Waals surface area contributed by atoms with E-state index in [2.05, 4.69) is 21.4 Å². The second kappa shape index (κ2) is 10.7. The lowest BCUT2D eigenvalue weighted by Crippen LogP contribution is -2.48. The van der Waals surface area contributed by atoms with Crippen molar-refractivity contribution < 1.29 is 24.0 Å². The van der Waals surface area contributed by atoms with Crippen LogP contribution in [-0.2, 0) is 16.1 Å². The van der Waals surface area contributed by atoms with Gasteiger partial charge in [-0.1, -0.05) is 38.8 Å². The molecule has 3 heterocycles. The molecule has 9 heteroatoms. The van der Waals surface area contributed by atoms with Crippen LogP contribution in [0.25, 0.3) is 0 Å². The van der Waals surface area contributed by atoms with E-state index in [-0.39, 0.29) is 43.2 Å². The molecule has 0 radical (unpaired) electrons. The van der Waals surface area contributed by atoms with Crippen LogP contribution in [0.1, 0.15) is 68.7 Å². The van der Waals surface area contributed by atoms with Crippen molar-refractivity contribution in [2.45, 2.75) is 64.6 Å². The lowest BCUT2D eigenvalue weighted by atomic mass is 9.90. The Bertz CT molecular complexity index is 1070. The number of aromatic nitrogens is 2. The molecule has 182 valence electrons. The molecule has 9 nitrogen and oxygen atoms in total. The van der Waals surface area contributed by atoms with E-state index >= 15 is 0 Å². The van der Waals surface area contributed by atoms with Gasteiger partial charge in [-0.3, -0.25) is 14.6 Å². The number of nitrogens with zero attached hydrogens (tertiary/aromatic N) is 3. The number of β-amino-alcohol motifs (C(OH)–C–C–N with tert-alkyl or cyclic N) is 1. The average molecular weight is 469 g/mol. The summed E-state index contributed by atoms with van der Waals surface area (Å²) in [6.07, 6.45) is 6.28. The van der Waals surface area contributed by atoms with Crippen LogP contribution in [0.15, 0.2) is 22.9 Å². The molecule has 2 N–H and O–H groups in total. The smallest absolute Gasteiger partial charge is 0.243 e. The van der Waals surface area contributed by atoms with Gasteiger partial charge in [0.25, 0.3) is 0 Å². The number of terminal acetylenes is 1. The third kappa shape index (κ3) is 5.39. The second-order valence-electron chi connectivity index (χ2n) is 9.16. The summed E-state index contributed by atoms with van der Waals surface area (Å²) >= 11 is 0. The molecule has 0 bridgehead atoms. The predicted molar refractivity (Wildman–Crippen MR) is 125 cm³/mol. The van der Waals surface area contributed by atoms with Gasteiger partial charge in [-0.05, 0) is 17.9 Å². The van der Waals surface area contributed by atoms with Crippen LogP contribution < -0.4 is 10.1 Å². The Kier molecular flexibility index (Phi) is 7.94. The summed E-state index contributed by atoms with van der Waals surface area (Å²) in [4.78, 5) is 32.3. The van der Waals surface area contributed by atoms with Crippen LogP contribution in [0.3, 0.4) is 0 Å². The van der Waals surface area contributed by atoms with Gasteiger partial charge in [-0.25, -0.2) is 0 Å². The topological polar surface area (TPSA) is 118 Å². The summed E-state index contributed by atoms with van der Waals surface area (Å²) in [5.74, 6) is 2.22. The first-order valence-electron chi connectivity index (χ1n) is 11.4. The fourth-order valence-corrected chi connectivity index (χ4v) is 4.09. The van der Waals surface area contributed by atoms with Crippen LogP contribution in [0.2, 0.25) is 0 Å². The maximum atomic E-state index is 13.6. The van der Waals surface area contributed by atoms with Crippen molar-refractivity contribution >= 4 is 11.8 Å². The fraction of sp³-hybridized carbons (Fsp3) is 0.520. The van der Waals surface area contributed by atoms with Gasteiger partial charge in [0.2, 0.25) is 11.8 Å². The maximum Gasteiger partial charge on any atom is 0.243 e. The molecular formula is C25H32N4O5. The standard InChI is InChI=1S/C25H32N4O5/c1-7-16-8-21(33-6)19(26-11-16)12-27-24(31)20-9-17(30)13-29(20)25(32)23(15(4)5)22-10-18(14(2)3)28-34-22/h1,8,10-11,14-15,17,20,23,30H,9,12-13H2,2-6H3,(H,27,31)/t17-,20+,23-/m1/s1. The van der Waals surface area contributed by atoms with Crippen LogP contribution >= 0.6 is 0 Å². The van der Waals surface area contributed by atoms with Gasteiger partial charge in [-0.2, -0.15) is 0 Å². The molecule has 0 spiro atoms.